The lowest BCUT2D eigenvalue weighted by atomic mass is 10.0. The normalized spacial score (nSPS) is 13.5. The van der Waals surface area contributed by atoms with Crippen LogP contribution < -0.4 is 5.32 Å². The molecule has 358 valence electrons. The molecule has 0 aromatic carbocycles. The summed E-state index contributed by atoms with van der Waals surface area (Å²) in [5, 5.41) is 23.1. The molecule has 0 rings (SSSR count). The van der Waals surface area contributed by atoms with E-state index in [2.05, 4.69) is 92.1 Å². The molecule has 0 saturated carbocycles. The van der Waals surface area contributed by atoms with Gasteiger partial charge in [0.25, 0.3) is 0 Å². The van der Waals surface area contributed by atoms with Gasteiger partial charge in [0, 0.05) is 6.42 Å². The SMILES string of the molecule is CC/C=C\C/C=C\C/C=C\C/C=C\C/C=C\C/C=C\CCCCCCCCCCCCCCCCC(=O)NC(CO)C(O)/C=C/CCCCCCCCCCCCCCCCC. The summed E-state index contributed by atoms with van der Waals surface area (Å²) in [5.41, 5.74) is 0. The van der Waals surface area contributed by atoms with Gasteiger partial charge in [-0.2, -0.15) is 0 Å². The number of hydrogen-bond donors (Lipinski definition) is 3. The number of amides is 1. The van der Waals surface area contributed by atoms with E-state index in [4.69, 9.17) is 0 Å². The number of nitrogens with one attached hydrogen (secondary N) is 1. The van der Waals surface area contributed by atoms with E-state index in [-0.39, 0.29) is 12.5 Å². The Labute approximate surface area is 386 Å². The first-order chi connectivity index (χ1) is 30.7. The van der Waals surface area contributed by atoms with E-state index < -0.39 is 12.1 Å². The molecule has 0 aromatic heterocycles. The van der Waals surface area contributed by atoms with E-state index in [1.165, 1.54) is 173 Å². The number of rotatable bonds is 48. The van der Waals surface area contributed by atoms with Crippen molar-refractivity contribution in [2.24, 2.45) is 0 Å². The molecule has 0 radical (unpaired) electrons. The third-order valence-corrected chi connectivity index (χ3v) is 11.9. The Hall–Kier alpha value is -2.43. The summed E-state index contributed by atoms with van der Waals surface area (Å²) in [5.74, 6) is -0.0659. The summed E-state index contributed by atoms with van der Waals surface area (Å²) in [6.45, 7) is 4.20. The number of allylic oxidation sites excluding steroid dienone is 13. The lowest BCUT2D eigenvalue weighted by molar-refractivity contribution is -0.123. The number of aliphatic hydroxyl groups is 2. The lowest BCUT2D eigenvalue weighted by Crippen LogP contribution is -2.45. The van der Waals surface area contributed by atoms with Crippen molar-refractivity contribution in [1.82, 2.24) is 5.32 Å². The van der Waals surface area contributed by atoms with Crippen LogP contribution in [-0.2, 0) is 4.79 Å². The first-order valence-electron chi connectivity index (χ1n) is 26.8. The van der Waals surface area contributed by atoms with Crippen molar-refractivity contribution in [3.05, 3.63) is 85.1 Å². The van der Waals surface area contributed by atoms with Gasteiger partial charge in [-0.15, -0.1) is 0 Å². The van der Waals surface area contributed by atoms with Gasteiger partial charge >= 0.3 is 0 Å². The second-order valence-corrected chi connectivity index (χ2v) is 17.9. The third-order valence-electron chi connectivity index (χ3n) is 11.9. The summed E-state index contributed by atoms with van der Waals surface area (Å²) in [6, 6.07) is -0.626. The third kappa shape index (κ3) is 48.6. The van der Waals surface area contributed by atoms with Gasteiger partial charge in [-0.1, -0.05) is 266 Å². The first kappa shape index (κ1) is 59.6. The minimum Gasteiger partial charge on any atom is -0.394 e. The molecular formula is C58H103NO3. The summed E-state index contributed by atoms with van der Waals surface area (Å²) in [7, 11) is 0. The predicted octanol–water partition coefficient (Wildman–Crippen LogP) is 17.6. The lowest BCUT2D eigenvalue weighted by Gasteiger charge is -2.20. The standard InChI is InChI=1S/C58H103NO3/c1-3-5-7-9-11-13-15-17-19-21-22-23-24-25-26-27-28-29-30-31-32-33-34-35-36-38-40-42-44-46-48-50-52-54-58(62)59-56(55-60)57(61)53-51-49-47-45-43-41-39-37-20-18-16-14-12-10-8-6-4-2/h5,7,11,13,17,19,22-23,25-26,28-29,51,53,56-57,60-61H,3-4,6,8-10,12,14-16,18,20-21,24,27,30-50,52,54-55H2,1-2H3,(H,59,62)/b7-5-,13-11-,19-17-,23-22-,26-25-,29-28-,53-51+. The summed E-state index contributed by atoms with van der Waals surface area (Å²) in [6.07, 6.45) is 77.2. The average Bonchev–Trinajstić information content (AvgIpc) is 3.28. The van der Waals surface area contributed by atoms with E-state index in [1.54, 1.807) is 6.08 Å². The zero-order valence-corrected chi connectivity index (χ0v) is 41.1. The summed E-state index contributed by atoms with van der Waals surface area (Å²) >= 11 is 0. The van der Waals surface area contributed by atoms with E-state index in [1.807, 2.05) is 6.08 Å². The van der Waals surface area contributed by atoms with Crippen molar-refractivity contribution in [2.45, 2.75) is 270 Å². The van der Waals surface area contributed by atoms with Crippen LogP contribution in [0.1, 0.15) is 258 Å². The predicted molar refractivity (Wildman–Crippen MR) is 276 cm³/mol. The molecular weight excluding hydrogens is 759 g/mol. The maximum Gasteiger partial charge on any atom is 0.220 e. The molecule has 0 aliphatic rings. The van der Waals surface area contributed by atoms with Crippen LogP contribution in [0.2, 0.25) is 0 Å². The Balaban J connectivity index is 3.53. The van der Waals surface area contributed by atoms with Crippen molar-refractivity contribution in [3.8, 4) is 0 Å². The highest BCUT2D eigenvalue weighted by Crippen LogP contribution is 2.16. The van der Waals surface area contributed by atoms with E-state index in [9.17, 15) is 15.0 Å². The van der Waals surface area contributed by atoms with Crippen LogP contribution in [0.5, 0.6) is 0 Å². The number of carbonyl (C=O) groups is 1. The van der Waals surface area contributed by atoms with E-state index in [0.29, 0.717) is 6.42 Å². The molecule has 3 N–H and O–H groups in total. The highest BCUT2D eigenvalue weighted by Gasteiger charge is 2.18. The van der Waals surface area contributed by atoms with Crippen molar-refractivity contribution in [3.63, 3.8) is 0 Å². The van der Waals surface area contributed by atoms with Gasteiger partial charge in [0.05, 0.1) is 18.8 Å². The fraction of sp³-hybridized carbons (Fsp3) is 0.741. The van der Waals surface area contributed by atoms with Crippen molar-refractivity contribution in [2.75, 3.05) is 6.61 Å². The number of aliphatic hydroxyl groups excluding tert-OH is 2. The van der Waals surface area contributed by atoms with Crippen molar-refractivity contribution < 1.29 is 15.0 Å². The van der Waals surface area contributed by atoms with Gasteiger partial charge < -0.3 is 15.5 Å². The molecule has 62 heavy (non-hydrogen) atoms. The summed E-state index contributed by atoms with van der Waals surface area (Å²) in [4.78, 5) is 12.5. The van der Waals surface area contributed by atoms with Gasteiger partial charge in [-0.3, -0.25) is 4.79 Å². The molecule has 4 nitrogen and oxygen atoms in total. The molecule has 2 unspecified atom stereocenters. The van der Waals surface area contributed by atoms with Crippen LogP contribution in [0.3, 0.4) is 0 Å². The Kier molecular flexibility index (Phi) is 50.8. The van der Waals surface area contributed by atoms with Crippen LogP contribution in [0.4, 0.5) is 0 Å². The van der Waals surface area contributed by atoms with Crippen LogP contribution in [0.15, 0.2) is 85.1 Å². The molecule has 0 bridgehead atoms. The Morgan fingerprint density at radius 1 is 0.403 bits per heavy atom. The maximum atomic E-state index is 12.5. The minimum absolute atomic E-state index is 0.0659. The zero-order chi connectivity index (χ0) is 44.9. The molecule has 0 spiro atoms. The molecule has 0 heterocycles. The second kappa shape index (κ2) is 52.9. The smallest absolute Gasteiger partial charge is 0.220 e. The highest BCUT2D eigenvalue weighted by atomic mass is 16.3. The van der Waals surface area contributed by atoms with Gasteiger partial charge in [0.1, 0.15) is 0 Å². The van der Waals surface area contributed by atoms with Crippen LogP contribution in [0, 0.1) is 0 Å². The number of hydrogen-bond acceptors (Lipinski definition) is 3. The van der Waals surface area contributed by atoms with Gasteiger partial charge in [0.15, 0.2) is 0 Å². The second-order valence-electron chi connectivity index (χ2n) is 17.9. The molecule has 0 fully saturated rings. The van der Waals surface area contributed by atoms with Gasteiger partial charge in [-0.05, 0) is 70.6 Å². The molecule has 0 saturated heterocycles. The monoisotopic (exact) mass is 862 g/mol. The molecule has 4 heteroatoms. The number of unbranched alkanes of at least 4 members (excludes halogenated alkanes) is 29. The van der Waals surface area contributed by atoms with E-state index in [0.717, 1.165) is 64.2 Å². The van der Waals surface area contributed by atoms with Crippen molar-refractivity contribution in [1.29, 1.82) is 0 Å². The Bertz CT molecular complexity index is 1110. The Morgan fingerprint density at radius 2 is 0.710 bits per heavy atom. The first-order valence-corrected chi connectivity index (χ1v) is 26.8. The fourth-order valence-electron chi connectivity index (χ4n) is 7.83. The molecule has 0 aromatic rings. The number of carbonyl (C=O) groups excluding carboxylic acids is 1. The topological polar surface area (TPSA) is 69.6 Å². The molecule has 1 amide bonds. The van der Waals surface area contributed by atoms with Crippen LogP contribution >= 0.6 is 0 Å². The van der Waals surface area contributed by atoms with Crippen LogP contribution in [-0.4, -0.2) is 34.9 Å². The quantitative estimate of drug-likeness (QED) is 0.0422. The average molecular weight is 862 g/mol. The summed E-state index contributed by atoms with van der Waals surface area (Å²) < 4.78 is 0. The van der Waals surface area contributed by atoms with Gasteiger partial charge in [-0.25, -0.2) is 0 Å². The fourth-order valence-corrected chi connectivity index (χ4v) is 7.83. The zero-order valence-electron chi connectivity index (χ0n) is 41.1. The van der Waals surface area contributed by atoms with E-state index >= 15 is 0 Å². The molecule has 2 atom stereocenters. The molecule has 0 aliphatic carbocycles. The Morgan fingerprint density at radius 3 is 1.06 bits per heavy atom. The van der Waals surface area contributed by atoms with Crippen LogP contribution in [0.25, 0.3) is 0 Å². The minimum atomic E-state index is -0.843. The maximum absolute atomic E-state index is 12.5. The highest BCUT2D eigenvalue weighted by molar-refractivity contribution is 5.76. The van der Waals surface area contributed by atoms with Crippen molar-refractivity contribution >= 4 is 5.91 Å². The molecule has 0 aliphatic heterocycles. The van der Waals surface area contributed by atoms with Gasteiger partial charge in [0.2, 0.25) is 5.91 Å². The largest absolute Gasteiger partial charge is 0.394 e.